The molecule has 0 fully saturated rings. The number of carbonyl (C=O) groups is 1. The number of benzene rings is 2. The molecule has 0 amide bonds. The van der Waals surface area contributed by atoms with Crippen molar-refractivity contribution in [3.05, 3.63) is 65.4 Å². The van der Waals surface area contributed by atoms with Crippen molar-refractivity contribution in [1.29, 1.82) is 0 Å². The Morgan fingerprint density at radius 1 is 0.971 bits per heavy atom. The van der Waals surface area contributed by atoms with E-state index in [1.165, 1.54) is 44.1 Å². The molecule has 0 saturated carbocycles. The van der Waals surface area contributed by atoms with Gasteiger partial charge in [-0.3, -0.25) is 0 Å². The monoisotopic (exact) mass is 479 g/mol. The van der Waals surface area contributed by atoms with Crippen LogP contribution in [0.25, 0.3) is 10.9 Å². The van der Waals surface area contributed by atoms with Crippen molar-refractivity contribution >= 4 is 16.9 Å². The lowest BCUT2D eigenvalue weighted by atomic mass is 9.92. The Balaban J connectivity index is 1.60. The Kier molecular flexibility index (Phi) is 9.39. The second-order valence-corrected chi connectivity index (χ2v) is 10.6. The molecule has 0 aliphatic carbocycles. The number of aromatic nitrogens is 1. The molecule has 1 unspecified atom stereocenters. The van der Waals surface area contributed by atoms with Crippen LogP contribution in [0.1, 0.15) is 87.8 Å². The fourth-order valence-electron chi connectivity index (χ4n) is 4.52. The van der Waals surface area contributed by atoms with Crippen LogP contribution >= 0.6 is 0 Å². The fraction of sp³-hybridized carbons (Fsp3) is 0.500. The number of aliphatic hydroxyl groups excluding tert-OH is 1. The van der Waals surface area contributed by atoms with Gasteiger partial charge < -0.3 is 19.5 Å². The van der Waals surface area contributed by atoms with Gasteiger partial charge in [0.1, 0.15) is 18.5 Å². The van der Waals surface area contributed by atoms with Crippen LogP contribution in [0, 0.1) is 0 Å². The number of ether oxygens (including phenoxy) is 1. The standard InChI is InChI=1S/C30H41NO4/c1-5-6-7-8-9-10-11-22-12-16-26(17-13-22)35-21-25(32)20-31-27-18-24(29(33)34)15-14-23(27)19-28(31)30(2,3)4/h12-19,25,32H,5-11,20-21H2,1-4H3,(H,33,34). The molecule has 5 nitrogen and oxygen atoms in total. The second kappa shape index (κ2) is 12.3. The quantitative estimate of drug-likeness (QED) is 0.259. The van der Waals surface area contributed by atoms with Gasteiger partial charge in [-0.25, -0.2) is 4.79 Å². The molecule has 0 bridgehead atoms. The summed E-state index contributed by atoms with van der Waals surface area (Å²) in [4.78, 5) is 11.5. The predicted molar refractivity (Wildman–Crippen MR) is 143 cm³/mol. The summed E-state index contributed by atoms with van der Waals surface area (Å²) < 4.78 is 7.91. The van der Waals surface area contributed by atoms with Gasteiger partial charge >= 0.3 is 5.97 Å². The Morgan fingerprint density at radius 3 is 2.31 bits per heavy atom. The van der Waals surface area contributed by atoms with Gasteiger partial charge in [0.2, 0.25) is 0 Å². The lowest BCUT2D eigenvalue weighted by Crippen LogP contribution is -2.27. The van der Waals surface area contributed by atoms with Crippen molar-refractivity contribution in [2.45, 2.75) is 90.7 Å². The topological polar surface area (TPSA) is 71.7 Å². The third-order valence-electron chi connectivity index (χ3n) is 6.50. The van der Waals surface area contributed by atoms with E-state index < -0.39 is 12.1 Å². The van der Waals surface area contributed by atoms with E-state index in [1.807, 2.05) is 22.8 Å². The van der Waals surface area contributed by atoms with Crippen LogP contribution in [0.2, 0.25) is 0 Å². The third kappa shape index (κ3) is 7.60. The highest BCUT2D eigenvalue weighted by Gasteiger charge is 2.23. The molecule has 1 atom stereocenters. The maximum absolute atomic E-state index is 11.5. The van der Waals surface area contributed by atoms with Crippen molar-refractivity contribution in [2.75, 3.05) is 6.61 Å². The van der Waals surface area contributed by atoms with E-state index in [0.717, 1.165) is 28.8 Å². The van der Waals surface area contributed by atoms with E-state index in [2.05, 4.69) is 45.9 Å². The molecule has 0 spiro atoms. The number of aryl methyl sites for hydroxylation is 1. The zero-order valence-corrected chi connectivity index (χ0v) is 21.7. The number of aliphatic hydroxyl groups is 1. The first-order chi connectivity index (χ1) is 16.7. The highest BCUT2D eigenvalue weighted by molar-refractivity contribution is 5.94. The molecule has 0 radical (unpaired) electrons. The fourth-order valence-corrected chi connectivity index (χ4v) is 4.52. The molecule has 2 N–H and O–H groups in total. The highest BCUT2D eigenvalue weighted by Crippen LogP contribution is 2.30. The van der Waals surface area contributed by atoms with Crippen molar-refractivity contribution in [3.8, 4) is 5.75 Å². The third-order valence-corrected chi connectivity index (χ3v) is 6.50. The largest absolute Gasteiger partial charge is 0.491 e. The molecule has 0 aliphatic heterocycles. The Hall–Kier alpha value is -2.79. The molecule has 2 aromatic carbocycles. The average Bonchev–Trinajstić information content (AvgIpc) is 3.19. The Labute approximate surface area is 209 Å². The van der Waals surface area contributed by atoms with Gasteiger partial charge in [-0.05, 0) is 54.1 Å². The average molecular weight is 480 g/mol. The minimum absolute atomic E-state index is 0.158. The van der Waals surface area contributed by atoms with Crippen LogP contribution in [0.4, 0.5) is 0 Å². The minimum Gasteiger partial charge on any atom is -0.491 e. The summed E-state index contributed by atoms with van der Waals surface area (Å²) >= 11 is 0. The van der Waals surface area contributed by atoms with Crippen molar-refractivity contribution in [1.82, 2.24) is 4.57 Å². The first-order valence-corrected chi connectivity index (χ1v) is 13.0. The smallest absolute Gasteiger partial charge is 0.335 e. The molecular formula is C30H41NO4. The number of carboxylic acids is 1. The van der Waals surface area contributed by atoms with Gasteiger partial charge in [0.15, 0.2) is 0 Å². The number of fused-ring (bicyclic) bond motifs is 1. The zero-order valence-electron chi connectivity index (χ0n) is 21.7. The molecule has 35 heavy (non-hydrogen) atoms. The van der Waals surface area contributed by atoms with Gasteiger partial charge in [-0.2, -0.15) is 0 Å². The molecule has 1 aromatic heterocycles. The summed E-state index contributed by atoms with van der Waals surface area (Å²) in [6, 6.07) is 15.4. The lowest BCUT2D eigenvalue weighted by molar-refractivity contribution is 0.0697. The summed E-state index contributed by atoms with van der Waals surface area (Å²) in [5.74, 6) is -0.210. The molecule has 3 aromatic rings. The van der Waals surface area contributed by atoms with Gasteiger partial charge in [-0.1, -0.05) is 78.0 Å². The van der Waals surface area contributed by atoms with Crippen molar-refractivity contribution in [3.63, 3.8) is 0 Å². The summed E-state index contributed by atoms with van der Waals surface area (Å²) in [6.45, 7) is 9.08. The molecule has 3 rings (SSSR count). The van der Waals surface area contributed by atoms with Crippen LogP contribution in [0.3, 0.4) is 0 Å². The Morgan fingerprint density at radius 2 is 1.66 bits per heavy atom. The summed E-state index contributed by atoms with van der Waals surface area (Å²) in [6.07, 6.45) is 8.12. The van der Waals surface area contributed by atoms with Crippen LogP contribution in [-0.2, 0) is 18.4 Å². The maximum Gasteiger partial charge on any atom is 0.335 e. The summed E-state index contributed by atoms with van der Waals surface area (Å²) in [5.41, 5.74) is 3.26. The number of rotatable bonds is 13. The van der Waals surface area contributed by atoms with E-state index in [9.17, 15) is 15.0 Å². The number of hydrogen-bond donors (Lipinski definition) is 2. The van der Waals surface area contributed by atoms with E-state index in [4.69, 9.17) is 4.74 Å². The lowest BCUT2D eigenvalue weighted by Gasteiger charge is -2.24. The number of carboxylic acid groups (broad SMARTS) is 1. The molecule has 1 heterocycles. The summed E-state index contributed by atoms with van der Waals surface area (Å²) in [5, 5.41) is 21.2. The van der Waals surface area contributed by atoms with Crippen molar-refractivity contribution in [2.24, 2.45) is 0 Å². The zero-order chi connectivity index (χ0) is 25.4. The van der Waals surface area contributed by atoms with E-state index in [-0.39, 0.29) is 17.6 Å². The first kappa shape index (κ1) is 26.8. The Bertz CT molecular complexity index is 1090. The SMILES string of the molecule is CCCCCCCCc1ccc(OCC(O)Cn2c(C(C)(C)C)cc3ccc(C(=O)O)cc32)cc1. The molecule has 0 aliphatic rings. The van der Waals surface area contributed by atoms with E-state index >= 15 is 0 Å². The number of unbranched alkanes of at least 4 members (excludes halogenated alkanes) is 5. The first-order valence-electron chi connectivity index (χ1n) is 13.0. The van der Waals surface area contributed by atoms with Gasteiger partial charge in [0, 0.05) is 16.6 Å². The maximum atomic E-state index is 11.5. The van der Waals surface area contributed by atoms with Crippen LogP contribution in [0.15, 0.2) is 48.5 Å². The van der Waals surface area contributed by atoms with E-state index in [0.29, 0.717) is 6.54 Å². The molecule has 190 valence electrons. The highest BCUT2D eigenvalue weighted by atomic mass is 16.5. The van der Waals surface area contributed by atoms with Crippen LogP contribution in [-0.4, -0.2) is 33.5 Å². The van der Waals surface area contributed by atoms with Crippen LogP contribution < -0.4 is 4.74 Å². The van der Waals surface area contributed by atoms with Crippen LogP contribution in [0.5, 0.6) is 5.75 Å². The number of aromatic carboxylic acids is 1. The molecular weight excluding hydrogens is 438 g/mol. The second-order valence-electron chi connectivity index (χ2n) is 10.6. The predicted octanol–water partition coefficient (Wildman–Crippen LogP) is 6.98. The number of hydrogen-bond acceptors (Lipinski definition) is 3. The van der Waals surface area contributed by atoms with Gasteiger partial charge in [0.05, 0.1) is 12.1 Å². The van der Waals surface area contributed by atoms with Gasteiger partial charge in [0.25, 0.3) is 0 Å². The normalized spacial score (nSPS) is 12.7. The minimum atomic E-state index is -0.958. The number of nitrogens with zero attached hydrogens (tertiary/aromatic N) is 1. The molecule has 0 saturated heterocycles. The molecule has 5 heteroatoms. The summed E-state index contributed by atoms with van der Waals surface area (Å²) in [7, 11) is 0. The van der Waals surface area contributed by atoms with Crippen molar-refractivity contribution < 1.29 is 19.7 Å². The van der Waals surface area contributed by atoms with Gasteiger partial charge in [-0.15, -0.1) is 0 Å². The van der Waals surface area contributed by atoms with E-state index in [1.54, 1.807) is 12.1 Å².